The quantitative estimate of drug-likeness (QED) is 0.488. The number of hydrogen-bond acceptors (Lipinski definition) is 4. The van der Waals surface area contributed by atoms with Gasteiger partial charge in [0.25, 0.3) is 0 Å². The molecule has 1 aromatic rings. The molecular formula is C13H21NO2S. The molecule has 0 aliphatic heterocycles. The van der Waals surface area contributed by atoms with Crippen LogP contribution in [0.1, 0.15) is 18.9 Å². The van der Waals surface area contributed by atoms with Crippen molar-refractivity contribution in [2.24, 2.45) is 0 Å². The third kappa shape index (κ3) is 6.07. The lowest BCUT2D eigenvalue weighted by molar-refractivity contribution is 0.113. The molecule has 3 nitrogen and oxygen atoms in total. The lowest BCUT2D eigenvalue weighted by Gasteiger charge is -2.08. The molecule has 4 heteroatoms. The average Bonchev–Trinajstić information content (AvgIpc) is 2.37. The Kier molecular flexibility index (Phi) is 7.28. The molecule has 1 unspecified atom stereocenters. The summed E-state index contributed by atoms with van der Waals surface area (Å²) in [5, 5.41) is 21.4. The molecule has 1 atom stereocenters. The molecule has 1 rings (SSSR count). The van der Waals surface area contributed by atoms with Gasteiger partial charge < -0.3 is 15.5 Å². The van der Waals surface area contributed by atoms with Gasteiger partial charge in [0.2, 0.25) is 0 Å². The third-order valence-corrected chi connectivity index (χ3v) is 3.45. The third-order valence-electron chi connectivity index (χ3n) is 2.31. The molecule has 0 aliphatic rings. The predicted octanol–water partition coefficient (Wildman–Crippen LogP) is 1.63. The van der Waals surface area contributed by atoms with Gasteiger partial charge in [-0.05, 0) is 30.7 Å². The average molecular weight is 255 g/mol. The van der Waals surface area contributed by atoms with E-state index in [9.17, 15) is 5.11 Å². The number of thioether (sulfide) groups is 1. The van der Waals surface area contributed by atoms with Crippen LogP contribution in [0.4, 0.5) is 0 Å². The van der Waals surface area contributed by atoms with Gasteiger partial charge in [-0.25, -0.2) is 0 Å². The number of aliphatic hydroxyl groups excluding tert-OH is 2. The smallest absolute Gasteiger partial charge is 0.0864 e. The number of hydrogen-bond donors (Lipinski definition) is 3. The molecular weight excluding hydrogens is 234 g/mol. The van der Waals surface area contributed by atoms with Crippen molar-refractivity contribution in [3.63, 3.8) is 0 Å². The number of rotatable bonds is 8. The highest BCUT2D eigenvalue weighted by atomic mass is 32.2. The van der Waals surface area contributed by atoms with Crippen molar-refractivity contribution in [1.29, 1.82) is 0 Å². The molecule has 0 radical (unpaired) electrons. The summed E-state index contributed by atoms with van der Waals surface area (Å²) in [5.41, 5.74) is 1.25. The van der Waals surface area contributed by atoms with Gasteiger partial charge in [0, 0.05) is 17.2 Å². The highest BCUT2D eigenvalue weighted by Gasteiger charge is 2.03. The van der Waals surface area contributed by atoms with E-state index in [-0.39, 0.29) is 6.61 Å². The standard InChI is InChI=1S/C13H21NO2S/c1-2-6-14-8-11-4-3-5-13(7-11)17-10-12(16)9-15/h3-5,7,12,14-16H,2,6,8-10H2,1H3. The Morgan fingerprint density at radius 2 is 2.24 bits per heavy atom. The molecule has 17 heavy (non-hydrogen) atoms. The maximum atomic E-state index is 9.28. The molecule has 0 heterocycles. The minimum absolute atomic E-state index is 0.176. The van der Waals surface area contributed by atoms with E-state index in [0.717, 1.165) is 24.4 Å². The maximum Gasteiger partial charge on any atom is 0.0864 e. The van der Waals surface area contributed by atoms with E-state index >= 15 is 0 Å². The zero-order valence-corrected chi connectivity index (χ0v) is 11.0. The fourth-order valence-electron chi connectivity index (χ4n) is 1.40. The monoisotopic (exact) mass is 255 g/mol. The highest BCUT2D eigenvalue weighted by Crippen LogP contribution is 2.19. The molecule has 0 saturated carbocycles. The van der Waals surface area contributed by atoms with Crippen LogP contribution < -0.4 is 5.32 Å². The summed E-state index contributed by atoms with van der Waals surface area (Å²) in [6, 6.07) is 8.27. The van der Waals surface area contributed by atoms with Crippen molar-refractivity contribution in [1.82, 2.24) is 5.32 Å². The summed E-state index contributed by atoms with van der Waals surface area (Å²) in [6.45, 7) is 3.88. The fourth-order valence-corrected chi connectivity index (χ4v) is 2.30. The van der Waals surface area contributed by atoms with E-state index in [1.807, 2.05) is 12.1 Å². The summed E-state index contributed by atoms with van der Waals surface area (Å²) in [6.07, 6.45) is 0.499. The molecule has 3 N–H and O–H groups in total. The van der Waals surface area contributed by atoms with E-state index in [4.69, 9.17) is 5.11 Å². The van der Waals surface area contributed by atoms with Gasteiger partial charge in [-0.1, -0.05) is 19.1 Å². The van der Waals surface area contributed by atoms with Crippen LogP contribution in [0.15, 0.2) is 29.2 Å². The van der Waals surface area contributed by atoms with Crippen molar-refractivity contribution in [2.45, 2.75) is 30.9 Å². The molecule has 0 saturated heterocycles. The minimum atomic E-state index is -0.637. The summed E-state index contributed by atoms with van der Waals surface area (Å²) in [7, 11) is 0. The topological polar surface area (TPSA) is 52.5 Å². The summed E-state index contributed by atoms with van der Waals surface area (Å²) >= 11 is 1.57. The van der Waals surface area contributed by atoms with Crippen LogP contribution in [-0.2, 0) is 6.54 Å². The van der Waals surface area contributed by atoms with Crippen molar-refractivity contribution >= 4 is 11.8 Å². The van der Waals surface area contributed by atoms with E-state index in [1.165, 1.54) is 5.56 Å². The molecule has 0 bridgehead atoms. The second kappa shape index (κ2) is 8.53. The number of benzene rings is 1. The lowest BCUT2D eigenvalue weighted by atomic mass is 10.2. The van der Waals surface area contributed by atoms with Gasteiger partial charge in [-0.2, -0.15) is 0 Å². The molecule has 0 amide bonds. The van der Waals surface area contributed by atoms with Gasteiger partial charge in [0.05, 0.1) is 12.7 Å². The van der Waals surface area contributed by atoms with Crippen LogP contribution in [-0.4, -0.2) is 35.2 Å². The Bertz CT molecular complexity index is 320. The first-order valence-electron chi connectivity index (χ1n) is 5.97. The van der Waals surface area contributed by atoms with E-state index < -0.39 is 6.10 Å². The summed E-state index contributed by atoms with van der Waals surface area (Å²) in [5.74, 6) is 0.530. The first-order valence-corrected chi connectivity index (χ1v) is 6.96. The van der Waals surface area contributed by atoms with Crippen LogP contribution in [0.25, 0.3) is 0 Å². The van der Waals surface area contributed by atoms with Crippen LogP contribution in [0.2, 0.25) is 0 Å². The first kappa shape index (κ1) is 14.5. The molecule has 1 aromatic carbocycles. The van der Waals surface area contributed by atoms with Crippen LogP contribution >= 0.6 is 11.8 Å². The van der Waals surface area contributed by atoms with Crippen molar-refractivity contribution in [3.8, 4) is 0 Å². The van der Waals surface area contributed by atoms with Gasteiger partial charge in [0.1, 0.15) is 0 Å². The number of aliphatic hydroxyl groups is 2. The van der Waals surface area contributed by atoms with Gasteiger partial charge in [0.15, 0.2) is 0 Å². The zero-order valence-electron chi connectivity index (χ0n) is 10.2. The largest absolute Gasteiger partial charge is 0.394 e. The lowest BCUT2D eigenvalue weighted by Crippen LogP contribution is -2.15. The van der Waals surface area contributed by atoms with Crippen LogP contribution in [0.3, 0.4) is 0 Å². The van der Waals surface area contributed by atoms with Gasteiger partial charge in [-0.3, -0.25) is 0 Å². The normalized spacial score (nSPS) is 12.6. The fraction of sp³-hybridized carbons (Fsp3) is 0.538. The molecule has 0 fully saturated rings. The molecule has 0 aliphatic carbocycles. The van der Waals surface area contributed by atoms with E-state index in [2.05, 4.69) is 24.4 Å². The van der Waals surface area contributed by atoms with Crippen LogP contribution in [0, 0.1) is 0 Å². The highest BCUT2D eigenvalue weighted by molar-refractivity contribution is 7.99. The zero-order chi connectivity index (χ0) is 12.5. The SMILES string of the molecule is CCCNCc1cccc(SCC(O)CO)c1. The number of nitrogens with one attached hydrogen (secondary N) is 1. The second-order valence-corrected chi connectivity index (χ2v) is 5.06. The summed E-state index contributed by atoms with van der Waals surface area (Å²) in [4.78, 5) is 1.13. The Labute approximate surface area is 107 Å². The predicted molar refractivity (Wildman–Crippen MR) is 72.3 cm³/mol. The van der Waals surface area contributed by atoms with Gasteiger partial charge in [-0.15, -0.1) is 11.8 Å². The van der Waals surface area contributed by atoms with Crippen LogP contribution in [0.5, 0.6) is 0 Å². The van der Waals surface area contributed by atoms with Crippen molar-refractivity contribution in [3.05, 3.63) is 29.8 Å². The molecule has 96 valence electrons. The van der Waals surface area contributed by atoms with E-state index in [0.29, 0.717) is 5.75 Å². The Morgan fingerprint density at radius 1 is 1.41 bits per heavy atom. The Hall–Kier alpha value is -0.550. The first-order chi connectivity index (χ1) is 8.26. The maximum absolute atomic E-state index is 9.28. The van der Waals surface area contributed by atoms with Crippen molar-refractivity contribution < 1.29 is 10.2 Å². The second-order valence-electron chi connectivity index (χ2n) is 3.97. The van der Waals surface area contributed by atoms with Crippen molar-refractivity contribution in [2.75, 3.05) is 18.9 Å². The molecule has 0 spiro atoms. The molecule has 0 aromatic heterocycles. The minimum Gasteiger partial charge on any atom is -0.394 e. The Morgan fingerprint density at radius 3 is 2.94 bits per heavy atom. The Balaban J connectivity index is 2.42. The van der Waals surface area contributed by atoms with E-state index in [1.54, 1.807) is 11.8 Å². The van der Waals surface area contributed by atoms with Gasteiger partial charge >= 0.3 is 0 Å². The summed E-state index contributed by atoms with van der Waals surface area (Å²) < 4.78 is 0.